The first-order chi connectivity index (χ1) is 10.5. The molecular formula is C15H22N4O2S. The quantitative estimate of drug-likeness (QED) is 0.742. The molecule has 1 aliphatic rings. The molecule has 1 saturated heterocycles. The first-order valence-corrected chi connectivity index (χ1v) is 8.95. The molecule has 22 heavy (non-hydrogen) atoms. The van der Waals surface area contributed by atoms with Gasteiger partial charge in [-0.3, -0.25) is 0 Å². The molecule has 0 unspecified atom stereocenters. The van der Waals surface area contributed by atoms with E-state index in [1.165, 1.54) is 12.1 Å². The molecule has 0 bridgehead atoms. The normalized spacial score (nSPS) is 16.4. The first kappa shape index (κ1) is 16.9. The lowest BCUT2D eigenvalue weighted by molar-refractivity contribution is 0.239. The number of hydrogen-bond acceptors (Lipinski definition) is 5. The Balaban J connectivity index is 1.87. The number of rotatable bonds is 6. The van der Waals surface area contributed by atoms with Gasteiger partial charge in [0.15, 0.2) is 0 Å². The van der Waals surface area contributed by atoms with Crippen molar-refractivity contribution in [3.63, 3.8) is 0 Å². The molecule has 0 atom stereocenters. The molecule has 0 amide bonds. The monoisotopic (exact) mass is 322 g/mol. The Bertz CT molecular complexity index is 646. The summed E-state index contributed by atoms with van der Waals surface area (Å²) < 4.78 is 27.2. The molecule has 0 radical (unpaired) electrons. The van der Waals surface area contributed by atoms with E-state index in [4.69, 9.17) is 5.26 Å². The van der Waals surface area contributed by atoms with Crippen LogP contribution < -0.4 is 10.0 Å². The van der Waals surface area contributed by atoms with Crippen molar-refractivity contribution in [3.8, 4) is 6.07 Å². The van der Waals surface area contributed by atoms with Crippen LogP contribution in [0.15, 0.2) is 23.1 Å². The van der Waals surface area contributed by atoms with Crippen LogP contribution in [0, 0.1) is 18.3 Å². The third kappa shape index (κ3) is 4.52. The minimum atomic E-state index is -3.51. The number of benzene rings is 1. The molecule has 1 aromatic carbocycles. The van der Waals surface area contributed by atoms with Crippen molar-refractivity contribution in [3.05, 3.63) is 29.3 Å². The third-order valence-corrected chi connectivity index (χ3v) is 5.37. The van der Waals surface area contributed by atoms with Gasteiger partial charge in [-0.25, -0.2) is 13.1 Å². The van der Waals surface area contributed by atoms with Crippen molar-refractivity contribution in [2.75, 3.05) is 39.3 Å². The second-order valence-electron chi connectivity index (χ2n) is 5.44. The summed E-state index contributed by atoms with van der Waals surface area (Å²) in [5.74, 6) is 0. The van der Waals surface area contributed by atoms with Crippen molar-refractivity contribution in [2.45, 2.75) is 18.2 Å². The molecular weight excluding hydrogens is 300 g/mol. The predicted molar refractivity (Wildman–Crippen MR) is 85.0 cm³/mol. The Kier molecular flexibility index (Phi) is 5.91. The summed E-state index contributed by atoms with van der Waals surface area (Å²) in [4.78, 5) is 2.58. The van der Waals surface area contributed by atoms with Gasteiger partial charge >= 0.3 is 0 Å². The fraction of sp³-hybridized carbons (Fsp3) is 0.533. The lowest BCUT2D eigenvalue weighted by atomic mass is 10.2. The van der Waals surface area contributed by atoms with Gasteiger partial charge in [-0.05, 0) is 43.7 Å². The van der Waals surface area contributed by atoms with Crippen molar-refractivity contribution in [2.24, 2.45) is 0 Å². The molecule has 1 fully saturated rings. The zero-order valence-electron chi connectivity index (χ0n) is 12.8. The van der Waals surface area contributed by atoms with E-state index in [-0.39, 0.29) is 4.90 Å². The molecule has 2 N–H and O–H groups in total. The minimum Gasteiger partial charge on any atom is -0.314 e. The van der Waals surface area contributed by atoms with Crippen LogP contribution in [0.3, 0.4) is 0 Å². The van der Waals surface area contributed by atoms with Gasteiger partial charge in [0.05, 0.1) is 16.5 Å². The van der Waals surface area contributed by atoms with Crippen LogP contribution in [-0.4, -0.2) is 52.6 Å². The Morgan fingerprint density at radius 2 is 2.09 bits per heavy atom. The highest BCUT2D eigenvalue weighted by Gasteiger charge is 2.17. The molecule has 7 heteroatoms. The topological polar surface area (TPSA) is 85.2 Å². The van der Waals surface area contributed by atoms with Gasteiger partial charge in [0.1, 0.15) is 0 Å². The minimum absolute atomic E-state index is 0.244. The lowest BCUT2D eigenvalue weighted by Gasteiger charge is -2.27. The molecule has 0 aromatic heterocycles. The predicted octanol–water partition coefficient (Wildman–Crippen LogP) is 0.440. The zero-order valence-corrected chi connectivity index (χ0v) is 13.6. The molecule has 0 aliphatic carbocycles. The van der Waals surface area contributed by atoms with E-state index in [9.17, 15) is 8.42 Å². The fourth-order valence-electron chi connectivity index (χ4n) is 2.54. The largest absolute Gasteiger partial charge is 0.314 e. The second-order valence-corrected chi connectivity index (χ2v) is 7.17. The Morgan fingerprint density at radius 3 is 2.73 bits per heavy atom. The van der Waals surface area contributed by atoms with E-state index >= 15 is 0 Å². The van der Waals surface area contributed by atoms with Crippen LogP contribution in [0.1, 0.15) is 17.5 Å². The smallest absolute Gasteiger partial charge is 0.240 e. The van der Waals surface area contributed by atoms with Crippen molar-refractivity contribution in [1.29, 1.82) is 5.26 Å². The maximum absolute atomic E-state index is 12.3. The summed E-state index contributed by atoms with van der Waals surface area (Å²) in [7, 11) is -3.51. The molecule has 120 valence electrons. The Hall–Kier alpha value is -1.46. The highest BCUT2D eigenvalue weighted by atomic mass is 32.2. The van der Waals surface area contributed by atoms with Gasteiger partial charge in [-0.2, -0.15) is 5.26 Å². The van der Waals surface area contributed by atoms with E-state index in [1.807, 2.05) is 6.07 Å². The number of nitriles is 1. The van der Waals surface area contributed by atoms with E-state index in [0.717, 1.165) is 39.1 Å². The number of nitrogens with one attached hydrogen (secondary N) is 2. The average molecular weight is 322 g/mol. The van der Waals surface area contributed by atoms with Crippen molar-refractivity contribution < 1.29 is 8.42 Å². The molecule has 2 rings (SSSR count). The zero-order chi connectivity index (χ0) is 16.0. The summed E-state index contributed by atoms with van der Waals surface area (Å²) in [6.07, 6.45) is 0.786. The van der Waals surface area contributed by atoms with Crippen LogP contribution in [0.5, 0.6) is 0 Å². The summed E-state index contributed by atoms with van der Waals surface area (Å²) in [5.41, 5.74) is 1.06. The molecule has 0 saturated carbocycles. The van der Waals surface area contributed by atoms with Crippen LogP contribution in [-0.2, 0) is 10.0 Å². The summed E-state index contributed by atoms with van der Waals surface area (Å²) in [6.45, 7) is 7.05. The number of aryl methyl sites for hydroxylation is 1. The van der Waals surface area contributed by atoms with E-state index < -0.39 is 10.0 Å². The fourth-order valence-corrected chi connectivity index (χ4v) is 3.84. The van der Waals surface area contributed by atoms with Crippen molar-refractivity contribution in [1.82, 2.24) is 14.9 Å². The highest BCUT2D eigenvalue weighted by Crippen LogP contribution is 2.16. The van der Waals surface area contributed by atoms with Gasteiger partial charge in [0, 0.05) is 32.7 Å². The number of piperazine rings is 1. The van der Waals surface area contributed by atoms with E-state index in [2.05, 4.69) is 14.9 Å². The summed E-state index contributed by atoms with van der Waals surface area (Å²) in [6, 6.07) is 6.62. The maximum atomic E-state index is 12.3. The molecule has 1 aromatic rings. The van der Waals surface area contributed by atoms with Crippen LogP contribution in [0.4, 0.5) is 0 Å². The highest BCUT2D eigenvalue weighted by molar-refractivity contribution is 7.89. The van der Waals surface area contributed by atoms with Gasteiger partial charge in [0.25, 0.3) is 0 Å². The maximum Gasteiger partial charge on any atom is 0.240 e. The van der Waals surface area contributed by atoms with Gasteiger partial charge in [-0.1, -0.05) is 0 Å². The van der Waals surface area contributed by atoms with E-state index in [0.29, 0.717) is 17.7 Å². The molecule has 0 spiro atoms. The lowest BCUT2D eigenvalue weighted by Crippen LogP contribution is -2.44. The van der Waals surface area contributed by atoms with Gasteiger partial charge in [-0.15, -0.1) is 0 Å². The van der Waals surface area contributed by atoms with Gasteiger partial charge in [0.2, 0.25) is 10.0 Å². The summed E-state index contributed by atoms with van der Waals surface area (Å²) in [5, 5.41) is 12.1. The van der Waals surface area contributed by atoms with Crippen LogP contribution in [0.25, 0.3) is 0 Å². The third-order valence-electron chi connectivity index (χ3n) is 3.75. The standard InChI is InChI=1S/C15H22N4O2S/c1-13-11-14(12-16)3-4-15(13)22(20,21)18-5-2-8-19-9-6-17-7-10-19/h3-4,11,17-18H,2,5-10H2,1H3. The number of nitrogens with zero attached hydrogens (tertiary/aromatic N) is 2. The van der Waals surface area contributed by atoms with Crippen molar-refractivity contribution >= 4 is 10.0 Å². The number of sulfonamides is 1. The van der Waals surface area contributed by atoms with E-state index in [1.54, 1.807) is 13.0 Å². The number of hydrogen-bond donors (Lipinski definition) is 2. The Morgan fingerprint density at radius 1 is 1.36 bits per heavy atom. The molecule has 6 nitrogen and oxygen atoms in total. The second kappa shape index (κ2) is 7.70. The Labute approximate surface area is 132 Å². The summed E-state index contributed by atoms with van der Waals surface area (Å²) >= 11 is 0. The molecule has 1 heterocycles. The molecule has 1 aliphatic heterocycles. The van der Waals surface area contributed by atoms with Crippen LogP contribution in [0.2, 0.25) is 0 Å². The average Bonchev–Trinajstić information content (AvgIpc) is 2.52. The van der Waals surface area contributed by atoms with Gasteiger partial charge < -0.3 is 10.2 Å². The first-order valence-electron chi connectivity index (χ1n) is 7.46. The SMILES string of the molecule is Cc1cc(C#N)ccc1S(=O)(=O)NCCCN1CCNCC1. The van der Waals surface area contributed by atoms with Crippen LogP contribution >= 0.6 is 0 Å².